The van der Waals surface area contributed by atoms with E-state index < -0.39 is 24.2 Å². The molecular weight excluding hydrogens is 419 g/mol. The van der Waals surface area contributed by atoms with E-state index in [1.807, 2.05) is 0 Å². The van der Waals surface area contributed by atoms with Gasteiger partial charge in [0.1, 0.15) is 11.5 Å². The summed E-state index contributed by atoms with van der Waals surface area (Å²) in [6, 6.07) is 6.68. The summed E-state index contributed by atoms with van der Waals surface area (Å²) in [5.41, 5.74) is 5.58. The van der Waals surface area contributed by atoms with Crippen molar-refractivity contribution in [3.8, 4) is 17.2 Å². The van der Waals surface area contributed by atoms with Gasteiger partial charge < -0.3 is 20.5 Å². The number of nitrogens with two attached hydrogens (primary N) is 1. The molecule has 0 saturated carbocycles. The molecule has 0 unspecified atom stereocenters. The van der Waals surface area contributed by atoms with Crippen LogP contribution in [0.3, 0.4) is 0 Å². The first kappa shape index (κ1) is 21.0. The fraction of sp³-hybridized carbons (Fsp3) is 0.167. The molecule has 0 aliphatic heterocycles. The van der Waals surface area contributed by atoms with E-state index in [-0.39, 0.29) is 27.8 Å². The number of hydrogen-bond donors (Lipinski definition) is 2. The standard InChI is InChI=1S/C18H16ClFN6O4/c1-9-23-24-25-26(9)14-7-11(3-4-13(14)20)22-18(28)10-5-12(19)17(15(6-10)29-2)30-8-16(21)27/h3-7H,8H2,1-2H3,(H2,21,27)(H,22,28). The number of primary amides is 1. The van der Waals surface area contributed by atoms with Crippen molar-refractivity contribution in [1.82, 2.24) is 20.2 Å². The van der Waals surface area contributed by atoms with Crippen LogP contribution >= 0.6 is 11.6 Å². The number of methoxy groups -OCH3 is 1. The predicted octanol–water partition coefficient (Wildman–Crippen LogP) is 1.89. The van der Waals surface area contributed by atoms with E-state index in [2.05, 4.69) is 20.8 Å². The number of hydrogen-bond acceptors (Lipinski definition) is 7. The molecule has 10 nitrogen and oxygen atoms in total. The number of amides is 2. The summed E-state index contributed by atoms with van der Waals surface area (Å²) in [5, 5.41) is 13.6. The van der Waals surface area contributed by atoms with E-state index in [1.165, 1.54) is 42.1 Å². The first-order valence-corrected chi connectivity index (χ1v) is 8.83. The molecule has 12 heteroatoms. The second-order valence-electron chi connectivity index (χ2n) is 6.00. The van der Waals surface area contributed by atoms with Gasteiger partial charge in [-0.25, -0.2) is 4.39 Å². The number of nitrogens with one attached hydrogen (secondary N) is 1. The minimum atomic E-state index is -0.695. The number of aryl methyl sites for hydroxylation is 1. The predicted molar refractivity (Wildman–Crippen MR) is 104 cm³/mol. The minimum absolute atomic E-state index is 0.0462. The molecule has 2 aromatic carbocycles. The Morgan fingerprint density at radius 2 is 2.07 bits per heavy atom. The molecule has 0 aliphatic rings. The Morgan fingerprint density at radius 3 is 2.70 bits per heavy atom. The fourth-order valence-electron chi connectivity index (χ4n) is 2.54. The highest BCUT2D eigenvalue weighted by molar-refractivity contribution is 6.32. The van der Waals surface area contributed by atoms with E-state index in [0.717, 1.165) is 0 Å². The normalized spacial score (nSPS) is 10.5. The van der Waals surface area contributed by atoms with E-state index in [4.69, 9.17) is 26.8 Å². The second kappa shape index (κ2) is 8.74. The van der Waals surface area contributed by atoms with E-state index in [9.17, 15) is 14.0 Å². The number of rotatable bonds is 7. The van der Waals surface area contributed by atoms with Gasteiger partial charge in [-0.3, -0.25) is 9.59 Å². The SMILES string of the molecule is COc1cc(C(=O)Nc2ccc(F)c(-n3nnnc3C)c2)cc(Cl)c1OCC(N)=O. The zero-order valence-corrected chi connectivity index (χ0v) is 16.6. The third-order valence-electron chi connectivity index (χ3n) is 3.91. The van der Waals surface area contributed by atoms with Crippen molar-refractivity contribution in [2.75, 3.05) is 19.0 Å². The zero-order valence-electron chi connectivity index (χ0n) is 15.8. The molecule has 1 aromatic heterocycles. The van der Waals surface area contributed by atoms with Crippen LogP contribution in [0.25, 0.3) is 5.69 Å². The molecule has 0 fully saturated rings. The Hall–Kier alpha value is -3.73. The molecular formula is C18H16ClFN6O4. The summed E-state index contributed by atoms with van der Waals surface area (Å²) in [7, 11) is 1.35. The van der Waals surface area contributed by atoms with Crippen LogP contribution in [0.15, 0.2) is 30.3 Å². The number of nitrogens with zero attached hydrogens (tertiary/aromatic N) is 4. The van der Waals surface area contributed by atoms with Crippen LogP contribution in [0, 0.1) is 12.7 Å². The molecule has 0 aliphatic carbocycles. The summed E-state index contributed by atoms with van der Waals surface area (Å²) in [4.78, 5) is 23.6. The lowest BCUT2D eigenvalue weighted by atomic mass is 10.1. The molecule has 3 rings (SSSR count). The minimum Gasteiger partial charge on any atom is -0.493 e. The topological polar surface area (TPSA) is 134 Å². The highest BCUT2D eigenvalue weighted by Gasteiger charge is 2.18. The summed E-state index contributed by atoms with van der Waals surface area (Å²) in [6.45, 7) is 1.21. The monoisotopic (exact) mass is 434 g/mol. The van der Waals surface area contributed by atoms with Crippen molar-refractivity contribution in [3.63, 3.8) is 0 Å². The van der Waals surface area contributed by atoms with Crippen LogP contribution in [0.4, 0.5) is 10.1 Å². The van der Waals surface area contributed by atoms with E-state index in [0.29, 0.717) is 11.5 Å². The van der Waals surface area contributed by atoms with Gasteiger partial charge in [0, 0.05) is 11.3 Å². The quantitative estimate of drug-likeness (QED) is 0.579. The van der Waals surface area contributed by atoms with Crippen molar-refractivity contribution in [1.29, 1.82) is 0 Å². The van der Waals surface area contributed by atoms with Gasteiger partial charge in [-0.15, -0.1) is 5.10 Å². The average Bonchev–Trinajstić information content (AvgIpc) is 3.13. The highest BCUT2D eigenvalue weighted by atomic mass is 35.5. The summed E-state index contributed by atoms with van der Waals surface area (Å²) in [5.74, 6) is -1.21. The summed E-state index contributed by atoms with van der Waals surface area (Å²) in [6.07, 6.45) is 0. The Morgan fingerprint density at radius 1 is 1.30 bits per heavy atom. The maximum absolute atomic E-state index is 14.2. The smallest absolute Gasteiger partial charge is 0.255 e. The number of halogens is 2. The molecule has 0 saturated heterocycles. The Bertz CT molecular complexity index is 1120. The van der Waals surface area contributed by atoms with Gasteiger partial charge >= 0.3 is 0 Å². The third kappa shape index (κ3) is 4.46. The Balaban J connectivity index is 1.87. The molecule has 30 heavy (non-hydrogen) atoms. The summed E-state index contributed by atoms with van der Waals surface area (Å²) >= 11 is 6.16. The number of carbonyl (C=O) groups excluding carboxylic acids is 2. The van der Waals surface area contributed by atoms with Crippen molar-refractivity contribution < 1.29 is 23.5 Å². The molecule has 3 aromatic rings. The van der Waals surface area contributed by atoms with E-state index in [1.54, 1.807) is 6.92 Å². The number of aromatic nitrogens is 4. The summed E-state index contributed by atoms with van der Waals surface area (Å²) < 4.78 is 25.8. The molecule has 1 heterocycles. The van der Waals surface area contributed by atoms with Gasteiger partial charge in [0.2, 0.25) is 0 Å². The number of benzene rings is 2. The first-order chi connectivity index (χ1) is 14.3. The molecule has 156 valence electrons. The molecule has 3 N–H and O–H groups in total. The third-order valence-corrected chi connectivity index (χ3v) is 4.19. The number of tetrazole rings is 1. The Kier molecular flexibility index (Phi) is 6.11. The van der Waals surface area contributed by atoms with Gasteiger partial charge in [0.25, 0.3) is 11.8 Å². The number of anilines is 1. The average molecular weight is 435 g/mol. The second-order valence-corrected chi connectivity index (χ2v) is 6.41. The van der Waals surface area contributed by atoms with Crippen LogP contribution in [-0.2, 0) is 4.79 Å². The molecule has 0 atom stereocenters. The number of carbonyl (C=O) groups is 2. The van der Waals surface area contributed by atoms with Crippen molar-refractivity contribution >= 4 is 29.1 Å². The Labute approximate surface area is 174 Å². The largest absolute Gasteiger partial charge is 0.493 e. The van der Waals surface area contributed by atoms with Crippen molar-refractivity contribution in [2.45, 2.75) is 6.92 Å². The van der Waals surface area contributed by atoms with Crippen LogP contribution in [0.5, 0.6) is 11.5 Å². The lowest BCUT2D eigenvalue weighted by Gasteiger charge is -2.14. The van der Waals surface area contributed by atoms with Crippen LogP contribution < -0.4 is 20.5 Å². The number of ether oxygens (including phenoxy) is 2. The molecule has 0 bridgehead atoms. The van der Waals surface area contributed by atoms with Gasteiger partial charge in [0.05, 0.1) is 12.1 Å². The maximum Gasteiger partial charge on any atom is 0.255 e. The first-order valence-electron chi connectivity index (χ1n) is 8.45. The lowest BCUT2D eigenvalue weighted by Crippen LogP contribution is -2.20. The van der Waals surface area contributed by atoms with Crippen molar-refractivity contribution in [2.24, 2.45) is 5.73 Å². The molecule has 0 spiro atoms. The lowest BCUT2D eigenvalue weighted by molar-refractivity contribution is -0.119. The van der Waals surface area contributed by atoms with Crippen LogP contribution in [0.2, 0.25) is 5.02 Å². The highest BCUT2D eigenvalue weighted by Crippen LogP contribution is 2.36. The molecule has 0 radical (unpaired) electrons. The van der Waals surface area contributed by atoms with Crippen LogP contribution in [-0.4, -0.2) is 45.7 Å². The van der Waals surface area contributed by atoms with Gasteiger partial charge in [-0.1, -0.05) is 11.6 Å². The van der Waals surface area contributed by atoms with Crippen molar-refractivity contribution in [3.05, 3.63) is 52.6 Å². The van der Waals surface area contributed by atoms with Gasteiger partial charge in [0.15, 0.2) is 23.9 Å². The van der Waals surface area contributed by atoms with Gasteiger partial charge in [-0.05, 0) is 47.7 Å². The molecule has 2 amide bonds. The maximum atomic E-state index is 14.2. The fourth-order valence-corrected chi connectivity index (χ4v) is 2.81. The zero-order chi connectivity index (χ0) is 21.8. The van der Waals surface area contributed by atoms with Gasteiger partial charge in [-0.2, -0.15) is 4.68 Å². The van der Waals surface area contributed by atoms with E-state index >= 15 is 0 Å². The van der Waals surface area contributed by atoms with Crippen LogP contribution in [0.1, 0.15) is 16.2 Å².